The van der Waals surface area contributed by atoms with Crippen molar-refractivity contribution in [2.75, 3.05) is 0 Å². The summed E-state index contributed by atoms with van der Waals surface area (Å²) in [4.78, 5) is 0. The first-order valence-corrected chi connectivity index (χ1v) is 12.6. The van der Waals surface area contributed by atoms with E-state index in [4.69, 9.17) is 0 Å². The molecular formula is C27H46O. The van der Waals surface area contributed by atoms with Crippen LogP contribution >= 0.6 is 0 Å². The molecule has 3 fully saturated rings. The Morgan fingerprint density at radius 1 is 1.00 bits per heavy atom. The molecule has 3 saturated carbocycles. The molecule has 160 valence electrons. The van der Waals surface area contributed by atoms with Crippen LogP contribution in [0.5, 0.6) is 0 Å². The third-order valence-corrected chi connectivity index (χ3v) is 10.3. The van der Waals surface area contributed by atoms with Gasteiger partial charge in [0.2, 0.25) is 0 Å². The van der Waals surface area contributed by atoms with Gasteiger partial charge >= 0.3 is 0 Å². The van der Waals surface area contributed by atoms with E-state index < -0.39 is 0 Å². The molecule has 4 rings (SSSR count). The van der Waals surface area contributed by atoms with Crippen molar-refractivity contribution in [2.45, 2.75) is 111 Å². The topological polar surface area (TPSA) is 20.2 Å². The maximum Gasteiger partial charge on any atom is 0.0577 e. The summed E-state index contributed by atoms with van der Waals surface area (Å²) in [5, 5.41) is 10.2. The molecule has 0 aliphatic heterocycles. The average Bonchev–Trinajstić information content (AvgIpc) is 2.99. The van der Waals surface area contributed by atoms with Crippen LogP contribution in [0.2, 0.25) is 0 Å². The van der Waals surface area contributed by atoms with Gasteiger partial charge in [-0.15, -0.1) is 0 Å². The highest BCUT2D eigenvalue weighted by atomic mass is 16.3. The van der Waals surface area contributed by atoms with Gasteiger partial charge in [-0.05, 0) is 97.7 Å². The summed E-state index contributed by atoms with van der Waals surface area (Å²) in [5.74, 6) is 5.46. The predicted octanol–water partition coefficient (Wildman–Crippen LogP) is 7.39. The molecule has 0 radical (unpaired) electrons. The van der Waals surface area contributed by atoms with Gasteiger partial charge in [-0.25, -0.2) is 0 Å². The lowest BCUT2D eigenvalue weighted by molar-refractivity contribution is -0.0573. The molecule has 1 heteroatoms. The van der Waals surface area contributed by atoms with Crippen molar-refractivity contribution in [3.63, 3.8) is 0 Å². The van der Waals surface area contributed by atoms with E-state index in [0.717, 1.165) is 48.3 Å². The van der Waals surface area contributed by atoms with E-state index in [1.54, 1.807) is 5.57 Å². The lowest BCUT2D eigenvalue weighted by atomic mass is 9.47. The van der Waals surface area contributed by atoms with E-state index >= 15 is 0 Å². The van der Waals surface area contributed by atoms with Crippen LogP contribution in [0.1, 0.15) is 105 Å². The summed E-state index contributed by atoms with van der Waals surface area (Å²) in [6.45, 7) is 12.6. The van der Waals surface area contributed by atoms with Crippen molar-refractivity contribution in [3.8, 4) is 0 Å². The lowest BCUT2D eigenvalue weighted by Crippen LogP contribution is -2.50. The second-order valence-corrected chi connectivity index (χ2v) is 12.2. The molecule has 8 atom stereocenters. The fourth-order valence-electron chi connectivity index (χ4n) is 8.67. The summed E-state index contributed by atoms with van der Waals surface area (Å²) >= 11 is 0. The van der Waals surface area contributed by atoms with Crippen LogP contribution in [-0.4, -0.2) is 11.2 Å². The maximum atomic E-state index is 10.2. The Bertz CT molecular complexity index is 591. The summed E-state index contributed by atoms with van der Waals surface area (Å²) in [7, 11) is 0. The number of rotatable bonds is 5. The van der Waals surface area contributed by atoms with E-state index in [0.29, 0.717) is 10.8 Å². The van der Waals surface area contributed by atoms with Crippen LogP contribution in [0.4, 0.5) is 0 Å². The molecule has 0 saturated heterocycles. The number of hydrogen-bond donors (Lipinski definition) is 1. The Hall–Kier alpha value is -0.300. The Morgan fingerprint density at radius 2 is 1.79 bits per heavy atom. The quantitative estimate of drug-likeness (QED) is 0.488. The van der Waals surface area contributed by atoms with Gasteiger partial charge in [0.15, 0.2) is 0 Å². The fraction of sp³-hybridized carbons (Fsp3) is 0.926. The molecule has 0 aromatic carbocycles. The summed E-state index contributed by atoms with van der Waals surface area (Å²) in [5.41, 5.74) is 2.60. The highest BCUT2D eigenvalue weighted by molar-refractivity contribution is 5.25. The molecule has 1 nitrogen and oxygen atoms in total. The molecule has 4 aliphatic rings. The van der Waals surface area contributed by atoms with E-state index in [1.165, 1.54) is 57.8 Å². The maximum absolute atomic E-state index is 10.2. The standard InChI is InChI=1S/C27H46O/c1-18(2)7-6-8-19(3)23-11-12-24-22-10-9-20-17-21(28)13-15-26(20,4)25(22)14-16-27(23,24)5/h9,18-19,21-25,28H,6-8,10-17H2,1-5H3/t19-,21?,22?,23-,24+,25+,26+,27-/m1/s1. The molecule has 0 spiro atoms. The SMILES string of the molecule is CC(C)CCC[C@@H](C)[C@H]1CC[C@H]2C3CC=C4CC(O)CC[C@]4(C)[C@H]3CC[C@]12C. The van der Waals surface area contributed by atoms with Crippen molar-refractivity contribution >= 4 is 0 Å². The number of allylic oxidation sites excluding steroid dienone is 1. The fourth-order valence-corrected chi connectivity index (χ4v) is 8.67. The van der Waals surface area contributed by atoms with E-state index in [-0.39, 0.29) is 6.10 Å². The Morgan fingerprint density at radius 3 is 2.54 bits per heavy atom. The first-order chi connectivity index (χ1) is 13.3. The van der Waals surface area contributed by atoms with Crippen molar-refractivity contribution in [1.82, 2.24) is 0 Å². The average molecular weight is 387 g/mol. The van der Waals surface area contributed by atoms with Gasteiger partial charge in [-0.1, -0.05) is 65.5 Å². The van der Waals surface area contributed by atoms with Gasteiger partial charge in [0.1, 0.15) is 0 Å². The number of aliphatic hydroxyl groups is 1. The summed E-state index contributed by atoms with van der Waals surface area (Å²) in [6.07, 6.45) is 17.2. The van der Waals surface area contributed by atoms with Gasteiger partial charge in [0, 0.05) is 0 Å². The molecule has 0 bridgehead atoms. The lowest BCUT2D eigenvalue weighted by Gasteiger charge is -2.58. The zero-order valence-electron chi connectivity index (χ0n) is 19.3. The van der Waals surface area contributed by atoms with Crippen LogP contribution in [0, 0.1) is 46.3 Å². The zero-order valence-corrected chi connectivity index (χ0v) is 19.3. The number of fused-ring (bicyclic) bond motifs is 5. The number of hydrogen-bond acceptors (Lipinski definition) is 1. The summed E-state index contributed by atoms with van der Waals surface area (Å²) in [6, 6.07) is 0. The van der Waals surface area contributed by atoms with Crippen molar-refractivity contribution in [2.24, 2.45) is 46.3 Å². The van der Waals surface area contributed by atoms with Gasteiger partial charge in [-0.3, -0.25) is 0 Å². The highest BCUT2D eigenvalue weighted by Gasteiger charge is 2.59. The predicted molar refractivity (Wildman–Crippen MR) is 119 cm³/mol. The van der Waals surface area contributed by atoms with Crippen LogP contribution in [0.3, 0.4) is 0 Å². The molecule has 0 amide bonds. The van der Waals surface area contributed by atoms with Crippen LogP contribution in [0.15, 0.2) is 11.6 Å². The third-order valence-electron chi connectivity index (χ3n) is 10.3. The van der Waals surface area contributed by atoms with E-state index in [1.807, 2.05) is 0 Å². The Balaban J connectivity index is 1.49. The molecule has 4 aliphatic carbocycles. The van der Waals surface area contributed by atoms with E-state index in [9.17, 15) is 5.11 Å². The normalized spacial score (nSPS) is 46.5. The Kier molecular flexibility index (Phi) is 5.80. The van der Waals surface area contributed by atoms with Crippen molar-refractivity contribution < 1.29 is 5.11 Å². The zero-order chi connectivity index (χ0) is 20.1. The van der Waals surface area contributed by atoms with Crippen molar-refractivity contribution in [1.29, 1.82) is 0 Å². The second-order valence-electron chi connectivity index (χ2n) is 12.2. The monoisotopic (exact) mass is 386 g/mol. The van der Waals surface area contributed by atoms with Gasteiger partial charge in [-0.2, -0.15) is 0 Å². The molecule has 28 heavy (non-hydrogen) atoms. The molecule has 2 unspecified atom stereocenters. The molecule has 0 aromatic heterocycles. The van der Waals surface area contributed by atoms with Crippen LogP contribution in [0.25, 0.3) is 0 Å². The minimum Gasteiger partial charge on any atom is -0.393 e. The molecule has 1 N–H and O–H groups in total. The van der Waals surface area contributed by atoms with Gasteiger partial charge < -0.3 is 5.11 Å². The smallest absolute Gasteiger partial charge is 0.0577 e. The first-order valence-electron chi connectivity index (χ1n) is 12.6. The highest BCUT2D eigenvalue weighted by Crippen LogP contribution is 2.67. The molecule has 0 aromatic rings. The molecular weight excluding hydrogens is 340 g/mol. The van der Waals surface area contributed by atoms with E-state index in [2.05, 4.69) is 40.7 Å². The molecule has 0 heterocycles. The minimum absolute atomic E-state index is 0.0766. The number of aliphatic hydroxyl groups excluding tert-OH is 1. The van der Waals surface area contributed by atoms with Gasteiger partial charge in [0.05, 0.1) is 6.10 Å². The summed E-state index contributed by atoms with van der Waals surface area (Å²) < 4.78 is 0. The minimum atomic E-state index is -0.0766. The van der Waals surface area contributed by atoms with Gasteiger partial charge in [0.25, 0.3) is 0 Å². The largest absolute Gasteiger partial charge is 0.393 e. The van der Waals surface area contributed by atoms with Crippen molar-refractivity contribution in [3.05, 3.63) is 11.6 Å². The van der Waals surface area contributed by atoms with Crippen LogP contribution in [-0.2, 0) is 0 Å². The Labute approximate surface area is 174 Å². The third kappa shape index (κ3) is 3.42. The first kappa shape index (κ1) is 21.0. The second kappa shape index (κ2) is 7.75. The van der Waals surface area contributed by atoms with Crippen LogP contribution < -0.4 is 0 Å².